The van der Waals surface area contributed by atoms with Crippen LogP contribution in [0.2, 0.25) is 0 Å². The maximum atomic E-state index is 12.1. The molecular formula is C20H18N2O4. The van der Waals surface area contributed by atoms with E-state index in [9.17, 15) is 14.7 Å². The van der Waals surface area contributed by atoms with E-state index in [0.29, 0.717) is 16.6 Å². The molecule has 0 aliphatic carbocycles. The van der Waals surface area contributed by atoms with E-state index in [4.69, 9.17) is 4.74 Å². The number of ether oxygens (including phenoxy) is 1. The molecule has 26 heavy (non-hydrogen) atoms. The second-order valence-electron chi connectivity index (χ2n) is 5.71. The third-order valence-corrected chi connectivity index (χ3v) is 4.02. The Morgan fingerprint density at radius 2 is 1.92 bits per heavy atom. The molecule has 0 fully saturated rings. The Balaban J connectivity index is 1.91. The van der Waals surface area contributed by atoms with Crippen LogP contribution in [0.25, 0.3) is 17.0 Å². The van der Waals surface area contributed by atoms with E-state index in [0.717, 1.165) is 5.56 Å². The number of fused-ring (bicyclic) bond motifs is 1. The lowest BCUT2D eigenvalue weighted by atomic mass is 10.1. The van der Waals surface area contributed by atoms with Gasteiger partial charge in [-0.1, -0.05) is 30.3 Å². The number of carbonyl (C=O) groups excluding carboxylic acids is 1. The number of carbonyl (C=O) groups is 1. The maximum Gasteiger partial charge on any atom is 0.296 e. The van der Waals surface area contributed by atoms with Crippen LogP contribution in [0.15, 0.2) is 59.4 Å². The van der Waals surface area contributed by atoms with Gasteiger partial charge in [-0.05, 0) is 29.8 Å². The van der Waals surface area contributed by atoms with Gasteiger partial charge >= 0.3 is 0 Å². The average Bonchev–Trinajstić information content (AvgIpc) is 2.66. The number of nitrogens with zero attached hydrogens (tertiary/aromatic N) is 1. The summed E-state index contributed by atoms with van der Waals surface area (Å²) in [6.45, 7) is 0. The van der Waals surface area contributed by atoms with Gasteiger partial charge in [0.1, 0.15) is 0 Å². The fourth-order valence-corrected chi connectivity index (χ4v) is 2.70. The standard InChI is InChI=1S/C20H18N2O4/c1-22-16-12-14(9-10-15(16)19(26-2)18(24)20(22)25)21-17(23)11-8-13-6-4-3-5-7-13/h3-12,24H,1-2H3,(H,21,23)/b11-8+. The molecule has 0 aliphatic heterocycles. The number of pyridine rings is 1. The Kier molecular flexibility index (Phi) is 4.75. The highest BCUT2D eigenvalue weighted by atomic mass is 16.5. The van der Waals surface area contributed by atoms with Gasteiger partial charge in [0, 0.05) is 24.2 Å². The Hall–Kier alpha value is -3.54. The molecular weight excluding hydrogens is 332 g/mol. The molecule has 6 nitrogen and oxygen atoms in total. The molecule has 0 atom stereocenters. The molecule has 0 aliphatic rings. The minimum absolute atomic E-state index is 0.116. The summed E-state index contributed by atoms with van der Waals surface area (Å²) >= 11 is 0. The molecule has 1 heterocycles. The number of amides is 1. The molecule has 0 saturated carbocycles. The van der Waals surface area contributed by atoms with Crippen molar-refractivity contribution < 1.29 is 14.6 Å². The largest absolute Gasteiger partial charge is 0.500 e. The predicted octanol–water partition coefficient (Wildman–Crippen LogP) is 2.90. The van der Waals surface area contributed by atoms with Crippen molar-refractivity contribution in [2.24, 2.45) is 7.05 Å². The van der Waals surface area contributed by atoms with Gasteiger partial charge in [-0.3, -0.25) is 9.59 Å². The molecule has 1 aromatic heterocycles. The van der Waals surface area contributed by atoms with Crippen molar-refractivity contribution in [1.29, 1.82) is 0 Å². The average molecular weight is 350 g/mol. The smallest absolute Gasteiger partial charge is 0.296 e. The molecule has 0 saturated heterocycles. The summed E-state index contributed by atoms with van der Waals surface area (Å²) in [5.41, 5.74) is 1.42. The number of rotatable bonds is 4. The highest BCUT2D eigenvalue weighted by molar-refractivity contribution is 6.03. The van der Waals surface area contributed by atoms with Crippen LogP contribution < -0.4 is 15.6 Å². The number of hydrogen-bond donors (Lipinski definition) is 2. The first kappa shape index (κ1) is 17.3. The number of nitrogens with one attached hydrogen (secondary N) is 1. The predicted molar refractivity (Wildman–Crippen MR) is 102 cm³/mol. The summed E-state index contributed by atoms with van der Waals surface area (Å²) in [7, 11) is 2.93. The number of anilines is 1. The molecule has 3 rings (SSSR count). The first-order valence-electron chi connectivity index (χ1n) is 7.95. The van der Waals surface area contributed by atoms with E-state index in [2.05, 4.69) is 5.32 Å². The summed E-state index contributed by atoms with van der Waals surface area (Å²) < 4.78 is 6.45. The summed E-state index contributed by atoms with van der Waals surface area (Å²) in [6.07, 6.45) is 3.16. The quantitative estimate of drug-likeness (QED) is 0.709. The number of aromatic nitrogens is 1. The second kappa shape index (κ2) is 7.14. The van der Waals surface area contributed by atoms with Crippen molar-refractivity contribution in [3.05, 3.63) is 70.5 Å². The van der Waals surface area contributed by atoms with Crippen molar-refractivity contribution >= 4 is 28.6 Å². The van der Waals surface area contributed by atoms with Crippen molar-refractivity contribution in [1.82, 2.24) is 4.57 Å². The van der Waals surface area contributed by atoms with E-state index in [-0.39, 0.29) is 11.7 Å². The minimum Gasteiger partial charge on any atom is -0.500 e. The van der Waals surface area contributed by atoms with Crippen LogP contribution in [0, 0.1) is 0 Å². The van der Waals surface area contributed by atoms with E-state index in [1.807, 2.05) is 30.3 Å². The molecule has 0 unspecified atom stereocenters. The molecule has 0 spiro atoms. The van der Waals surface area contributed by atoms with E-state index in [1.54, 1.807) is 31.3 Å². The van der Waals surface area contributed by atoms with Crippen LogP contribution in [0.3, 0.4) is 0 Å². The fraction of sp³-hybridized carbons (Fsp3) is 0.100. The Labute approximate surface area is 150 Å². The van der Waals surface area contributed by atoms with Crippen LogP contribution in [-0.2, 0) is 11.8 Å². The van der Waals surface area contributed by atoms with Crippen LogP contribution in [-0.4, -0.2) is 22.7 Å². The highest BCUT2D eigenvalue weighted by Gasteiger charge is 2.15. The van der Waals surface area contributed by atoms with Gasteiger partial charge in [-0.2, -0.15) is 0 Å². The lowest BCUT2D eigenvalue weighted by Crippen LogP contribution is -2.17. The van der Waals surface area contributed by atoms with Crippen LogP contribution in [0.5, 0.6) is 11.5 Å². The first-order valence-corrected chi connectivity index (χ1v) is 7.95. The molecule has 1 amide bonds. The van der Waals surface area contributed by atoms with Crippen LogP contribution >= 0.6 is 0 Å². The molecule has 0 bridgehead atoms. The molecule has 6 heteroatoms. The van der Waals surface area contributed by atoms with E-state index >= 15 is 0 Å². The van der Waals surface area contributed by atoms with Gasteiger partial charge in [-0.15, -0.1) is 0 Å². The van der Waals surface area contributed by atoms with Gasteiger partial charge < -0.3 is 19.7 Å². The van der Waals surface area contributed by atoms with Crippen molar-refractivity contribution in [2.45, 2.75) is 0 Å². The van der Waals surface area contributed by atoms with Gasteiger partial charge in [0.15, 0.2) is 5.75 Å². The number of methoxy groups -OCH3 is 1. The van der Waals surface area contributed by atoms with Gasteiger partial charge in [0.25, 0.3) is 5.56 Å². The third kappa shape index (κ3) is 3.30. The first-order chi connectivity index (χ1) is 12.5. The SMILES string of the molecule is COc1c(O)c(=O)n(C)c2cc(NC(=O)/C=C/c3ccccc3)ccc12. The monoisotopic (exact) mass is 350 g/mol. The van der Waals surface area contributed by atoms with Gasteiger partial charge in [0.2, 0.25) is 11.7 Å². The Morgan fingerprint density at radius 3 is 2.62 bits per heavy atom. The van der Waals surface area contributed by atoms with Gasteiger partial charge in [-0.25, -0.2) is 0 Å². The number of benzene rings is 2. The lowest BCUT2D eigenvalue weighted by molar-refractivity contribution is -0.111. The Morgan fingerprint density at radius 1 is 1.19 bits per heavy atom. The normalized spacial score (nSPS) is 11.0. The summed E-state index contributed by atoms with van der Waals surface area (Å²) in [6, 6.07) is 14.5. The minimum atomic E-state index is -0.568. The van der Waals surface area contributed by atoms with Crippen molar-refractivity contribution in [2.75, 3.05) is 12.4 Å². The van der Waals surface area contributed by atoms with E-state index < -0.39 is 11.3 Å². The summed E-state index contributed by atoms with van der Waals surface area (Å²) in [5.74, 6) is -0.612. The van der Waals surface area contributed by atoms with Crippen molar-refractivity contribution in [3.63, 3.8) is 0 Å². The van der Waals surface area contributed by atoms with Crippen molar-refractivity contribution in [3.8, 4) is 11.5 Å². The topological polar surface area (TPSA) is 80.6 Å². The Bertz CT molecular complexity index is 1050. The number of aromatic hydroxyl groups is 1. The number of hydrogen-bond acceptors (Lipinski definition) is 4. The molecule has 0 radical (unpaired) electrons. The third-order valence-electron chi connectivity index (χ3n) is 4.02. The zero-order valence-corrected chi connectivity index (χ0v) is 14.4. The summed E-state index contributed by atoms with van der Waals surface area (Å²) in [5, 5.41) is 13.3. The molecule has 3 aromatic rings. The van der Waals surface area contributed by atoms with E-state index in [1.165, 1.54) is 17.8 Å². The van der Waals surface area contributed by atoms with Crippen LogP contribution in [0.4, 0.5) is 5.69 Å². The maximum absolute atomic E-state index is 12.1. The number of aryl methyl sites for hydroxylation is 1. The van der Waals surface area contributed by atoms with Gasteiger partial charge in [0.05, 0.1) is 12.6 Å². The highest BCUT2D eigenvalue weighted by Crippen LogP contribution is 2.32. The molecule has 2 aromatic carbocycles. The summed E-state index contributed by atoms with van der Waals surface area (Å²) in [4.78, 5) is 24.2. The zero-order chi connectivity index (χ0) is 18.7. The molecule has 2 N–H and O–H groups in total. The second-order valence-corrected chi connectivity index (χ2v) is 5.71. The fourth-order valence-electron chi connectivity index (χ4n) is 2.70. The van der Waals surface area contributed by atoms with Crippen LogP contribution in [0.1, 0.15) is 5.56 Å². The zero-order valence-electron chi connectivity index (χ0n) is 14.4. The lowest BCUT2D eigenvalue weighted by Gasteiger charge is -2.12. The molecule has 132 valence electrons.